The van der Waals surface area contributed by atoms with Gasteiger partial charge >= 0.3 is 0 Å². The van der Waals surface area contributed by atoms with Gasteiger partial charge in [0.15, 0.2) is 0 Å². The molecule has 1 unspecified atom stereocenters. The van der Waals surface area contributed by atoms with E-state index in [4.69, 9.17) is 11.6 Å². The van der Waals surface area contributed by atoms with Crippen molar-refractivity contribution in [2.75, 3.05) is 0 Å². The monoisotopic (exact) mass is 162 g/mol. The lowest BCUT2D eigenvalue weighted by molar-refractivity contribution is 0.466. The molecule has 1 atom stereocenters. The summed E-state index contributed by atoms with van der Waals surface area (Å²) in [6, 6.07) is 0. The van der Waals surface area contributed by atoms with E-state index in [1.54, 1.807) is 0 Å². The Morgan fingerprint density at radius 1 is 1.40 bits per heavy atom. The summed E-state index contributed by atoms with van der Waals surface area (Å²) in [5.74, 6) is 0.782. The molecule has 1 heteroatoms. The average Bonchev–Trinajstić information content (AvgIpc) is 1.85. The maximum Gasteiger partial charge on any atom is 0.0416 e. The van der Waals surface area contributed by atoms with Crippen molar-refractivity contribution in [2.24, 2.45) is 5.92 Å². The number of halogens is 1. The molecule has 0 aliphatic heterocycles. The molecule has 0 saturated carbocycles. The molecule has 0 spiro atoms. The van der Waals surface area contributed by atoms with Gasteiger partial charge < -0.3 is 0 Å². The number of hydrogen-bond acceptors (Lipinski definition) is 0. The van der Waals surface area contributed by atoms with Gasteiger partial charge in [0, 0.05) is 4.87 Å². The molecule has 0 rings (SSSR count). The highest BCUT2D eigenvalue weighted by molar-refractivity contribution is 6.23. The minimum absolute atomic E-state index is 0.0459. The van der Waals surface area contributed by atoms with Crippen LogP contribution in [0.25, 0.3) is 0 Å². The maximum atomic E-state index is 6.16. The van der Waals surface area contributed by atoms with Crippen molar-refractivity contribution >= 4 is 11.6 Å². The fraction of sp³-hybridized carbons (Fsp3) is 1.00. The lowest BCUT2D eigenvalue weighted by Crippen LogP contribution is -2.15. The first-order chi connectivity index (χ1) is 4.48. The SMILES string of the molecule is CCC(C)(Cl)CCC(C)C. The normalized spacial score (nSPS) is 17.4. The van der Waals surface area contributed by atoms with Gasteiger partial charge in [0.25, 0.3) is 0 Å². The van der Waals surface area contributed by atoms with Crippen LogP contribution in [0, 0.1) is 5.92 Å². The first-order valence-corrected chi connectivity index (χ1v) is 4.54. The molecular formula is C9H19Cl. The summed E-state index contributed by atoms with van der Waals surface area (Å²) in [6.45, 7) is 8.75. The highest BCUT2D eigenvalue weighted by atomic mass is 35.5. The molecular weight excluding hydrogens is 144 g/mol. The first kappa shape index (κ1) is 10.3. The fourth-order valence-electron chi connectivity index (χ4n) is 0.766. The van der Waals surface area contributed by atoms with E-state index in [9.17, 15) is 0 Å². The van der Waals surface area contributed by atoms with Crippen molar-refractivity contribution in [1.82, 2.24) is 0 Å². The zero-order valence-corrected chi connectivity index (χ0v) is 8.33. The Hall–Kier alpha value is 0.290. The van der Waals surface area contributed by atoms with Crippen LogP contribution in [-0.4, -0.2) is 4.87 Å². The van der Waals surface area contributed by atoms with Crippen molar-refractivity contribution < 1.29 is 0 Å². The molecule has 0 aromatic heterocycles. The van der Waals surface area contributed by atoms with Gasteiger partial charge in [0.05, 0.1) is 0 Å². The summed E-state index contributed by atoms with van der Waals surface area (Å²) < 4.78 is 0. The van der Waals surface area contributed by atoms with E-state index in [2.05, 4.69) is 27.7 Å². The Bertz CT molecular complexity index is 84.7. The molecule has 0 nitrogen and oxygen atoms in total. The molecule has 0 saturated heterocycles. The van der Waals surface area contributed by atoms with Gasteiger partial charge in [-0.2, -0.15) is 0 Å². The number of alkyl halides is 1. The standard InChI is InChI=1S/C9H19Cl/c1-5-9(4,10)7-6-8(2)3/h8H,5-7H2,1-4H3. The van der Waals surface area contributed by atoms with Gasteiger partial charge in [0.2, 0.25) is 0 Å². The predicted molar refractivity (Wildman–Crippen MR) is 48.6 cm³/mol. The molecule has 0 aliphatic carbocycles. The van der Waals surface area contributed by atoms with Crippen molar-refractivity contribution in [2.45, 2.75) is 51.8 Å². The molecule has 0 bridgehead atoms. The van der Waals surface area contributed by atoms with Crippen molar-refractivity contribution in [3.8, 4) is 0 Å². The minimum Gasteiger partial charge on any atom is -0.120 e. The quantitative estimate of drug-likeness (QED) is 0.552. The molecule has 0 aromatic carbocycles. The molecule has 10 heavy (non-hydrogen) atoms. The van der Waals surface area contributed by atoms with Gasteiger partial charge in [0.1, 0.15) is 0 Å². The Labute approximate surface area is 70.0 Å². The van der Waals surface area contributed by atoms with Gasteiger partial charge in [-0.1, -0.05) is 20.8 Å². The zero-order chi connectivity index (χ0) is 8.20. The van der Waals surface area contributed by atoms with Crippen LogP contribution in [0.15, 0.2) is 0 Å². The molecule has 0 amide bonds. The Morgan fingerprint density at radius 2 is 1.90 bits per heavy atom. The van der Waals surface area contributed by atoms with Gasteiger partial charge in [-0.3, -0.25) is 0 Å². The molecule has 0 aliphatic rings. The van der Waals surface area contributed by atoms with Crippen LogP contribution < -0.4 is 0 Å². The van der Waals surface area contributed by atoms with Crippen molar-refractivity contribution in [1.29, 1.82) is 0 Å². The van der Waals surface area contributed by atoms with Crippen LogP contribution in [0.2, 0.25) is 0 Å². The summed E-state index contributed by atoms with van der Waals surface area (Å²) in [5, 5.41) is 0. The van der Waals surface area contributed by atoms with Gasteiger partial charge in [-0.05, 0) is 32.1 Å². The molecule has 0 fully saturated rings. The Balaban J connectivity index is 3.46. The van der Waals surface area contributed by atoms with E-state index in [0.29, 0.717) is 0 Å². The van der Waals surface area contributed by atoms with Crippen LogP contribution in [0.1, 0.15) is 47.0 Å². The molecule has 0 aromatic rings. The topological polar surface area (TPSA) is 0 Å². The Kier molecular flexibility index (Phi) is 4.35. The van der Waals surface area contributed by atoms with Gasteiger partial charge in [-0.15, -0.1) is 11.6 Å². The van der Waals surface area contributed by atoms with E-state index in [-0.39, 0.29) is 4.87 Å². The lowest BCUT2D eigenvalue weighted by Gasteiger charge is -2.20. The van der Waals surface area contributed by atoms with E-state index in [0.717, 1.165) is 18.8 Å². The van der Waals surface area contributed by atoms with E-state index >= 15 is 0 Å². The van der Waals surface area contributed by atoms with E-state index in [1.165, 1.54) is 6.42 Å². The number of rotatable bonds is 4. The summed E-state index contributed by atoms with van der Waals surface area (Å²) >= 11 is 6.16. The number of hydrogen-bond donors (Lipinski definition) is 0. The lowest BCUT2D eigenvalue weighted by atomic mass is 9.97. The van der Waals surface area contributed by atoms with Crippen LogP contribution in [0.4, 0.5) is 0 Å². The summed E-state index contributed by atoms with van der Waals surface area (Å²) in [6.07, 6.45) is 3.46. The third-order valence-corrected chi connectivity index (χ3v) is 2.44. The molecule has 62 valence electrons. The zero-order valence-electron chi connectivity index (χ0n) is 7.58. The van der Waals surface area contributed by atoms with Crippen LogP contribution in [-0.2, 0) is 0 Å². The maximum absolute atomic E-state index is 6.16. The summed E-state index contributed by atoms with van der Waals surface area (Å²) in [7, 11) is 0. The highest BCUT2D eigenvalue weighted by Gasteiger charge is 2.17. The fourth-order valence-corrected chi connectivity index (χ4v) is 0.876. The second kappa shape index (κ2) is 4.23. The minimum atomic E-state index is 0.0459. The average molecular weight is 163 g/mol. The van der Waals surface area contributed by atoms with E-state index < -0.39 is 0 Å². The van der Waals surface area contributed by atoms with E-state index in [1.807, 2.05) is 0 Å². The third kappa shape index (κ3) is 5.10. The molecule has 0 heterocycles. The van der Waals surface area contributed by atoms with Crippen LogP contribution >= 0.6 is 11.6 Å². The third-order valence-electron chi connectivity index (χ3n) is 1.98. The summed E-state index contributed by atoms with van der Waals surface area (Å²) in [4.78, 5) is 0.0459. The van der Waals surface area contributed by atoms with Crippen molar-refractivity contribution in [3.63, 3.8) is 0 Å². The largest absolute Gasteiger partial charge is 0.120 e. The summed E-state index contributed by atoms with van der Waals surface area (Å²) in [5.41, 5.74) is 0. The molecule has 0 N–H and O–H groups in total. The highest BCUT2D eigenvalue weighted by Crippen LogP contribution is 2.26. The van der Waals surface area contributed by atoms with Crippen molar-refractivity contribution in [3.05, 3.63) is 0 Å². The van der Waals surface area contributed by atoms with Crippen LogP contribution in [0.5, 0.6) is 0 Å². The van der Waals surface area contributed by atoms with Gasteiger partial charge in [-0.25, -0.2) is 0 Å². The predicted octanol–water partition coefficient (Wildman–Crippen LogP) is 3.83. The smallest absolute Gasteiger partial charge is 0.0416 e. The first-order valence-electron chi connectivity index (χ1n) is 4.17. The second-order valence-electron chi connectivity index (χ2n) is 3.70. The molecule has 0 radical (unpaired) electrons. The van der Waals surface area contributed by atoms with Crippen LogP contribution in [0.3, 0.4) is 0 Å². The Morgan fingerprint density at radius 3 is 2.20 bits per heavy atom. The second-order valence-corrected chi connectivity index (χ2v) is 4.61.